The van der Waals surface area contributed by atoms with Crippen LogP contribution in [0.3, 0.4) is 0 Å². The van der Waals surface area contributed by atoms with Gasteiger partial charge in [0.15, 0.2) is 5.69 Å². The van der Waals surface area contributed by atoms with Crippen LogP contribution >= 0.6 is 0 Å². The van der Waals surface area contributed by atoms with Crippen molar-refractivity contribution in [1.29, 1.82) is 0 Å². The van der Waals surface area contributed by atoms with Gasteiger partial charge in [-0.2, -0.15) is 0 Å². The fourth-order valence-corrected chi connectivity index (χ4v) is 3.00. The van der Waals surface area contributed by atoms with Crippen molar-refractivity contribution in [3.05, 3.63) is 17.8 Å². The van der Waals surface area contributed by atoms with E-state index in [9.17, 15) is 4.79 Å². The summed E-state index contributed by atoms with van der Waals surface area (Å²) in [5.74, 6) is 1.73. The number of rotatable bonds is 2. The van der Waals surface area contributed by atoms with E-state index in [-0.39, 0.29) is 5.91 Å². The lowest BCUT2D eigenvalue weighted by Crippen LogP contribution is -2.33. The Bertz CT molecular complexity index is 470. The monoisotopic (exact) mass is 247 g/mol. The highest BCUT2D eigenvalue weighted by Gasteiger charge is 2.62. The van der Waals surface area contributed by atoms with Crippen molar-refractivity contribution in [2.45, 2.75) is 13.8 Å². The Balaban J connectivity index is 1.69. The van der Waals surface area contributed by atoms with E-state index in [0.29, 0.717) is 28.8 Å². The second-order valence-corrected chi connectivity index (χ2v) is 5.71. The summed E-state index contributed by atoms with van der Waals surface area (Å²) in [4.78, 5) is 14.1. The van der Waals surface area contributed by atoms with Gasteiger partial charge in [-0.25, -0.2) is 0 Å². The topological polar surface area (TPSA) is 55.3 Å². The molecule has 0 N–H and O–H groups in total. The van der Waals surface area contributed by atoms with Crippen molar-refractivity contribution in [3.63, 3.8) is 0 Å². The number of likely N-dealkylation sites (tertiary alicyclic amines) is 1. The Labute approximate surface area is 106 Å². The molecular weight excluding hydrogens is 230 g/mol. The molecule has 1 saturated carbocycles. The minimum Gasteiger partial charge on any atom is -0.480 e. The van der Waals surface area contributed by atoms with Gasteiger partial charge in [0.25, 0.3) is 5.91 Å². The fraction of sp³-hybridized carbons (Fsp3) is 0.615. The molecular formula is C13H17N3O2. The maximum Gasteiger partial charge on any atom is 0.274 e. The van der Waals surface area contributed by atoms with E-state index in [0.717, 1.165) is 13.1 Å². The van der Waals surface area contributed by atoms with Crippen LogP contribution in [-0.2, 0) is 0 Å². The minimum absolute atomic E-state index is 0.0202. The van der Waals surface area contributed by atoms with Crippen molar-refractivity contribution in [2.75, 3.05) is 20.2 Å². The Morgan fingerprint density at radius 2 is 2.00 bits per heavy atom. The van der Waals surface area contributed by atoms with Gasteiger partial charge in [-0.15, -0.1) is 10.2 Å². The van der Waals surface area contributed by atoms with E-state index >= 15 is 0 Å². The van der Waals surface area contributed by atoms with Gasteiger partial charge in [0.2, 0.25) is 5.88 Å². The summed E-state index contributed by atoms with van der Waals surface area (Å²) in [5, 5.41) is 7.73. The first-order valence-electron chi connectivity index (χ1n) is 6.21. The lowest BCUT2D eigenvalue weighted by Gasteiger charge is -2.21. The van der Waals surface area contributed by atoms with Crippen LogP contribution in [0.4, 0.5) is 0 Å². The largest absolute Gasteiger partial charge is 0.480 e. The van der Waals surface area contributed by atoms with E-state index in [1.807, 2.05) is 4.90 Å². The first-order chi connectivity index (χ1) is 8.54. The quantitative estimate of drug-likeness (QED) is 0.788. The third-order valence-corrected chi connectivity index (χ3v) is 4.48. The molecule has 0 aromatic carbocycles. The summed E-state index contributed by atoms with van der Waals surface area (Å²) in [6.45, 7) is 6.25. The van der Waals surface area contributed by atoms with Crippen molar-refractivity contribution in [2.24, 2.45) is 17.3 Å². The number of fused-ring (bicyclic) bond motifs is 1. The van der Waals surface area contributed by atoms with Gasteiger partial charge in [0.05, 0.1) is 7.11 Å². The fourth-order valence-electron chi connectivity index (χ4n) is 3.00. The van der Waals surface area contributed by atoms with E-state index < -0.39 is 0 Å². The second-order valence-electron chi connectivity index (χ2n) is 5.71. The summed E-state index contributed by atoms with van der Waals surface area (Å²) in [5.41, 5.74) is 0.817. The highest BCUT2D eigenvalue weighted by atomic mass is 16.5. The predicted octanol–water partition coefficient (Wildman–Crippen LogP) is 1.21. The molecule has 0 bridgehead atoms. The maximum atomic E-state index is 12.2. The van der Waals surface area contributed by atoms with Gasteiger partial charge >= 0.3 is 0 Å². The first-order valence-corrected chi connectivity index (χ1v) is 6.21. The Hall–Kier alpha value is -1.65. The molecule has 1 aromatic heterocycles. The molecule has 0 radical (unpaired) electrons. The van der Waals surface area contributed by atoms with Gasteiger partial charge in [-0.1, -0.05) is 13.8 Å². The minimum atomic E-state index is -0.0202. The summed E-state index contributed by atoms with van der Waals surface area (Å²) in [7, 11) is 1.53. The number of carbonyl (C=O) groups excluding carboxylic acids is 1. The molecule has 2 fully saturated rings. The number of ether oxygens (including phenoxy) is 1. The molecule has 1 aliphatic carbocycles. The number of hydrogen-bond acceptors (Lipinski definition) is 4. The summed E-state index contributed by atoms with van der Waals surface area (Å²) >= 11 is 0. The van der Waals surface area contributed by atoms with Gasteiger partial charge < -0.3 is 9.64 Å². The van der Waals surface area contributed by atoms with Crippen molar-refractivity contribution in [1.82, 2.24) is 15.1 Å². The molecule has 2 aliphatic rings. The lowest BCUT2D eigenvalue weighted by atomic mass is 10.1. The van der Waals surface area contributed by atoms with Gasteiger partial charge in [-0.05, 0) is 23.3 Å². The third kappa shape index (κ3) is 1.57. The number of amides is 1. The van der Waals surface area contributed by atoms with Crippen LogP contribution in [-0.4, -0.2) is 41.2 Å². The highest BCUT2D eigenvalue weighted by Crippen LogP contribution is 2.61. The third-order valence-electron chi connectivity index (χ3n) is 4.48. The SMILES string of the molecule is COc1ccc(C(=O)N2C[C@H]3[C@H](C2)C3(C)C)nn1. The van der Waals surface area contributed by atoms with Crippen LogP contribution in [0.25, 0.3) is 0 Å². The van der Waals surface area contributed by atoms with E-state index in [2.05, 4.69) is 24.0 Å². The predicted molar refractivity (Wildman–Crippen MR) is 65.2 cm³/mol. The number of aromatic nitrogens is 2. The number of piperidine rings is 1. The average molecular weight is 247 g/mol. The van der Waals surface area contributed by atoms with Crippen LogP contribution in [0.15, 0.2) is 12.1 Å². The van der Waals surface area contributed by atoms with E-state index in [4.69, 9.17) is 4.74 Å². The second kappa shape index (κ2) is 3.67. The molecule has 0 spiro atoms. The molecule has 96 valence electrons. The van der Waals surface area contributed by atoms with Crippen LogP contribution in [0, 0.1) is 17.3 Å². The summed E-state index contributed by atoms with van der Waals surface area (Å²) < 4.78 is 4.93. The average Bonchev–Trinajstić information content (AvgIpc) is 2.78. The normalized spacial score (nSPS) is 27.8. The van der Waals surface area contributed by atoms with Crippen LogP contribution < -0.4 is 4.74 Å². The first kappa shape index (κ1) is 11.4. The van der Waals surface area contributed by atoms with Gasteiger partial charge in [0.1, 0.15) is 0 Å². The Morgan fingerprint density at radius 3 is 2.50 bits per heavy atom. The van der Waals surface area contributed by atoms with Crippen molar-refractivity contribution >= 4 is 5.91 Å². The molecule has 18 heavy (non-hydrogen) atoms. The van der Waals surface area contributed by atoms with Gasteiger partial charge in [-0.3, -0.25) is 4.79 Å². The molecule has 2 atom stereocenters. The molecule has 1 aliphatic heterocycles. The number of nitrogens with zero attached hydrogens (tertiary/aromatic N) is 3. The van der Waals surface area contributed by atoms with Crippen molar-refractivity contribution in [3.8, 4) is 5.88 Å². The standard InChI is InChI=1S/C13H17N3O2/c1-13(2)8-6-16(7-9(8)13)12(17)10-4-5-11(18-3)15-14-10/h4-5,8-9H,6-7H2,1-3H3/t8-,9-/m0/s1. The molecule has 1 aromatic rings. The number of methoxy groups -OCH3 is 1. The van der Waals surface area contributed by atoms with Crippen LogP contribution in [0.1, 0.15) is 24.3 Å². The molecule has 3 rings (SSSR count). The van der Waals surface area contributed by atoms with Gasteiger partial charge in [0, 0.05) is 19.2 Å². The molecule has 1 saturated heterocycles. The highest BCUT2D eigenvalue weighted by molar-refractivity contribution is 5.92. The van der Waals surface area contributed by atoms with E-state index in [1.165, 1.54) is 7.11 Å². The molecule has 0 unspecified atom stereocenters. The summed E-state index contributed by atoms with van der Waals surface area (Å²) in [6.07, 6.45) is 0. The summed E-state index contributed by atoms with van der Waals surface area (Å²) in [6, 6.07) is 3.34. The molecule has 2 heterocycles. The van der Waals surface area contributed by atoms with E-state index in [1.54, 1.807) is 12.1 Å². The molecule has 5 heteroatoms. The van der Waals surface area contributed by atoms with Crippen molar-refractivity contribution < 1.29 is 9.53 Å². The zero-order valence-electron chi connectivity index (χ0n) is 10.9. The smallest absolute Gasteiger partial charge is 0.274 e. The molecule has 5 nitrogen and oxygen atoms in total. The van der Waals surface area contributed by atoms with Crippen LogP contribution in [0.5, 0.6) is 5.88 Å². The Kier molecular flexibility index (Phi) is 2.33. The lowest BCUT2D eigenvalue weighted by molar-refractivity contribution is 0.0751. The number of hydrogen-bond donors (Lipinski definition) is 0. The van der Waals surface area contributed by atoms with Crippen LogP contribution in [0.2, 0.25) is 0 Å². The Morgan fingerprint density at radius 1 is 1.33 bits per heavy atom. The number of carbonyl (C=O) groups is 1. The maximum absolute atomic E-state index is 12.2. The molecule has 1 amide bonds. The zero-order chi connectivity index (χ0) is 12.9. The zero-order valence-corrected chi connectivity index (χ0v) is 10.9.